The van der Waals surface area contributed by atoms with Crippen LogP contribution in [0.1, 0.15) is 0 Å². The van der Waals surface area contributed by atoms with E-state index in [-0.39, 0.29) is 0 Å². The minimum atomic E-state index is -4.83. The maximum Gasteiger partial charge on any atom is 0.386 e. The van der Waals surface area contributed by atoms with Crippen molar-refractivity contribution >= 4 is 0 Å². The second kappa shape index (κ2) is 3.14. The Morgan fingerprint density at radius 1 is 0.526 bits per heavy atom. The monoisotopic (exact) mass is 300 g/mol. The van der Waals surface area contributed by atoms with Crippen molar-refractivity contribution in [1.29, 1.82) is 0 Å². The zero-order chi connectivity index (χ0) is 14.4. The zero-order valence-corrected chi connectivity index (χ0v) is 8.56. The molecule has 0 spiro atoms. The molecule has 3 aliphatic rings. The van der Waals surface area contributed by atoms with E-state index < -0.39 is 48.5 Å². The van der Waals surface area contributed by atoms with Gasteiger partial charge < -0.3 is 4.74 Å². The lowest BCUT2D eigenvalue weighted by molar-refractivity contribution is -0.474. The normalized spacial score (nSPS) is 48.0. The predicted octanol–water partition coefficient (Wildman–Crippen LogP) is 2.42. The summed E-state index contributed by atoms with van der Waals surface area (Å²) in [6.45, 7) is 0. The lowest BCUT2D eigenvalue weighted by atomic mass is 9.87. The van der Waals surface area contributed by atoms with Crippen LogP contribution in [0.25, 0.3) is 0 Å². The Morgan fingerprint density at radius 3 is 1.21 bits per heavy atom. The molecule has 0 amide bonds. The minimum absolute atomic E-state index is 2.92. The van der Waals surface area contributed by atoms with Gasteiger partial charge in [0.2, 0.25) is 0 Å². The maximum atomic E-state index is 13.2. The fourth-order valence-electron chi connectivity index (χ4n) is 2.67. The Balaban J connectivity index is 2.12. The minimum Gasteiger partial charge on any atom is -0.355 e. The molecule has 0 aliphatic carbocycles. The van der Waals surface area contributed by atoms with E-state index in [2.05, 4.69) is 14.2 Å². The average molecular weight is 300 g/mol. The van der Waals surface area contributed by atoms with Crippen LogP contribution >= 0.6 is 0 Å². The van der Waals surface area contributed by atoms with Gasteiger partial charge in [-0.15, -0.1) is 0 Å². The first-order valence-electron chi connectivity index (χ1n) is 4.95. The molecule has 19 heavy (non-hydrogen) atoms. The standard InChI is InChI=1S/C8H4F8O3/c9-5(10)1-2(6(11,12)18-5)4-8(15,16)19-7(13,14)3(1)17-4/h1-4H/t1-,2+,3-,4+. The molecule has 3 rings (SSSR count). The highest BCUT2D eigenvalue weighted by Gasteiger charge is 2.84. The molecule has 0 unspecified atom stereocenters. The van der Waals surface area contributed by atoms with Gasteiger partial charge in [0, 0.05) is 0 Å². The van der Waals surface area contributed by atoms with Crippen molar-refractivity contribution in [3.8, 4) is 0 Å². The number of fused-ring (bicyclic) bond motifs is 5. The van der Waals surface area contributed by atoms with E-state index in [0.717, 1.165) is 0 Å². The van der Waals surface area contributed by atoms with Crippen LogP contribution in [0.4, 0.5) is 35.1 Å². The lowest BCUT2D eigenvalue weighted by Gasteiger charge is -2.37. The highest BCUT2D eigenvalue weighted by molar-refractivity contribution is 5.09. The summed E-state index contributed by atoms with van der Waals surface area (Å²) in [7, 11) is 0. The van der Waals surface area contributed by atoms with Gasteiger partial charge >= 0.3 is 24.4 Å². The van der Waals surface area contributed by atoms with Gasteiger partial charge in [0.05, 0.1) is 11.8 Å². The first kappa shape index (κ1) is 13.3. The highest BCUT2D eigenvalue weighted by Crippen LogP contribution is 2.65. The van der Waals surface area contributed by atoms with Crippen molar-refractivity contribution in [1.82, 2.24) is 0 Å². The first-order chi connectivity index (χ1) is 8.39. The second-order valence-corrected chi connectivity index (χ2v) is 4.48. The number of hydrogen-bond donors (Lipinski definition) is 0. The number of alkyl halides is 8. The molecule has 3 heterocycles. The van der Waals surface area contributed by atoms with Crippen LogP contribution in [0.3, 0.4) is 0 Å². The molecule has 0 aromatic rings. The van der Waals surface area contributed by atoms with E-state index in [1.54, 1.807) is 0 Å². The molecule has 2 bridgehead atoms. The van der Waals surface area contributed by atoms with Gasteiger partial charge in [0.25, 0.3) is 0 Å². The molecule has 4 atom stereocenters. The quantitative estimate of drug-likeness (QED) is 0.643. The molecule has 0 aromatic carbocycles. The molecule has 110 valence electrons. The van der Waals surface area contributed by atoms with E-state index >= 15 is 0 Å². The summed E-state index contributed by atoms with van der Waals surface area (Å²) in [6, 6.07) is 0. The summed E-state index contributed by atoms with van der Waals surface area (Å²) in [5.74, 6) is -5.84. The summed E-state index contributed by atoms with van der Waals surface area (Å²) < 4.78 is 116. The van der Waals surface area contributed by atoms with Crippen LogP contribution in [0.2, 0.25) is 0 Å². The van der Waals surface area contributed by atoms with Crippen LogP contribution in [0.15, 0.2) is 0 Å². The molecule has 0 N–H and O–H groups in total. The van der Waals surface area contributed by atoms with E-state index in [1.807, 2.05) is 0 Å². The topological polar surface area (TPSA) is 27.7 Å². The smallest absolute Gasteiger partial charge is 0.355 e. The van der Waals surface area contributed by atoms with Crippen LogP contribution in [-0.2, 0) is 14.2 Å². The van der Waals surface area contributed by atoms with Gasteiger partial charge in [-0.2, -0.15) is 35.1 Å². The van der Waals surface area contributed by atoms with Gasteiger partial charge in [-0.25, -0.2) is 0 Å². The highest BCUT2D eigenvalue weighted by atomic mass is 19.3. The van der Waals surface area contributed by atoms with E-state index in [1.165, 1.54) is 0 Å². The fraction of sp³-hybridized carbons (Fsp3) is 1.00. The first-order valence-corrected chi connectivity index (χ1v) is 4.95. The third-order valence-corrected chi connectivity index (χ3v) is 3.32. The molecule has 11 heteroatoms. The Labute approximate surface area is 98.9 Å². The SMILES string of the molecule is FC1(F)OC(F)(F)[C@H]2[C@@H]1[C@H]1O[C@@H]2C(F)(F)OC1(F)F. The Bertz CT molecular complexity index is 384. The van der Waals surface area contributed by atoms with Crippen molar-refractivity contribution in [3.63, 3.8) is 0 Å². The molecule has 0 radical (unpaired) electrons. The predicted molar refractivity (Wildman–Crippen MR) is 37.6 cm³/mol. The molecule has 3 saturated heterocycles. The third-order valence-electron chi connectivity index (χ3n) is 3.32. The van der Waals surface area contributed by atoms with E-state index in [0.29, 0.717) is 0 Å². The van der Waals surface area contributed by atoms with Crippen molar-refractivity contribution in [3.05, 3.63) is 0 Å². The Kier molecular flexibility index (Phi) is 2.20. The van der Waals surface area contributed by atoms with Gasteiger partial charge in [-0.3, -0.25) is 9.47 Å². The maximum absolute atomic E-state index is 13.2. The van der Waals surface area contributed by atoms with Crippen LogP contribution in [-0.4, -0.2) is 36.6 Å². The number of hydrogen-bond acceptors (Lipinski definition) is 3. The lowest BCUT2D eigenvalue weighted by Crippen LogP contribution is -2.56. The van der Waals surface area contributed by atoms with E-state index in [4.69, 9.17) is 0 Å². The van der Waals surface area contributed by atoms with Crippen LogP contribution in [0.5, 0.6) is 0 Å². The van der Waals surface area contributed by atoms with Gasteiger partial charge in [-0.1, -0.05) is 0 Å². The molecule has 0 saturated carbocycles. The summed E-state index contributed by atoms with van der Waals surface area (Å²) >= 11 is 0. The number of rotatable bonds is 0. The summed E-state index contributed by atoms with van der Waals surface area (Å²) in [5.41, 5.74) is 0. The van der Waals surface area contributed by atoms with Crippen molar-refractivity contribution < 1.29 is 49.3 Å². The molecule has 0 aromatic heterocycles. The van der Waals surface area contributed by atoms with Crippen molar-refractivity contribution in [2.75, 3.05) is 0 Å². The van der Waals surface area contributed by atoms with Crippen molar-refractivity contribution in [2.45, 2.75) is 36.6 Å². The fourth-order valence-corrected chi connectivity index (χ4v) is 2.67. The number of halogens is 8. The second-order valence-electron chi connectivity index (χ2n) is 4.48. The Hall–Kier alpha value is -0.680. The molecule has 3 nitrogen and oxygen atoms in total. The molecule has 3 aliphatic heterocycles. The van der Waals surface area contributed by atoms with Crippen LogP contribution < -0.4 is 0 Å². The summed E-state index contributed by atoms with van der Waals surface area (Å²) in [4.78, 5) is 0. The van der Waals surface area contributed by atoms with Gasteiger partial charge in [-0.05, 0) is 0 Å². The van der Waals surface area contributed by atoms with E-state index in [9.17, 15) is 35.1 Å². The van der Waals surface area contributed by atoms with Crippen LogP contribution in [0, 0.1) is 11.8 Å². The van der Waals surface area contributed by atoms with Crippen molar-refractivity contribution in [2.24, 2.45) is 11.8 Å². The Morgan fingerprint density at radius 2 is 0.842 bits per heavy atom. The largest absolute Gasteiger partial charge is 0.386 e. The number of ether oxygens (including phenoxy) is 3. The van der Waals surface area contributed by atoms with Gasteiger partial charge in [0.15, 0.2) is 12.2 Å². The van der Waals surface area contributed by atoms with Gasteiger partial charge in [0.1, 0.15) is 0 Å². The average Bonchev–Trinajstić information content (AvgIpc) is 2.58. The molecule has 3 fully saturated rings. The summed E-state index contributed by atoms with van der Waals surface area (Å²) in [5, 5.41) is 0. The summed E-state index contributed by atoms with van der Waals surface area (Å²) in [6.07, 6.45) is -24.9. The molecular weight excluding hydrogens is 296 g/mol. The third kappa shape index (κ3) is 1.54. The molecular formula is C8H4F8O3. The zero-order valence-electron chi connectivity index (χ0n) is 8.56.